The highest BCUT2D eigenvalue weighted by atomic mass is 127. The largest absolute Gasteiger partial charge is 0.444 e. The van der Waals surface area contributed by atoms with Crippen molar-refractivity contribution in [2.24, 2.45) is 4.99 Å². The van der Waals surface area contributed by atoms with E-state index in [2.05, 4.69) is 20.8 Å². The van der Waals surface area contributed by atoms with E-state index in [4.69, 9.17) is 9.26 Å². The summed E-state index contributed by atoms with van der Waals surface area (Å²) < 4.78 is 10.1. The summed E-state index contributed by atoms with van der Waals surface area (Å²) in [5.41, 5.74) is 0.331. The van der Waals surface area contributed by atoms with Gasteiger partial charge in [0.2, 0.25) is 0 Å². The molecule has 23 heavy (non-hydrogen) atoms. The zero-order valence-electron chi connectivity index (χ0n) is 13.8. The second-order valence-corrected chi connectivity index (χ2v) is 6.14. The Morgan fingerprint density at radius 1 is 1.52 bits per heavy atom. The number of aliphatic imine (C=N–C) groups is 1. The molecule has 1 aliphatic rings. The SMILES string of the molecule is CN=C(NCc1ccon1)NC1CN(C(=O)OC(C)(C)C)C1.I. The molecule has 1 aliphatic heterocycles. The molecule has 8 nitrogen and oxygen atoms in total. The molecule has 2 heterocycles. The molecule has 1 fully saturated rings. The van der Waals surface area contributed by atoms with Gasteiger partial charge in [0.25, 0.3) is 0 Å². The topological polar surface area (TPSA) is 92.0 Å². The molecule has 0 radical (unpaired) electrons. The van der Waals surface area contributed by atoms with Gasteiger partial charge >= 0.3 is 6.09 Å². The Balaban J connectivity index is 0.00000264. The van der Waals surface area contributed by atoms with E-state index >= 15 is 0 Å². The van der Waals surface area contributed by atoms with Crippen LogP contribution in [0.15, 0.2) is 21.8 Å². The van der Waals surface area contributed by atoms with E-state index in [9.17, 15) is 4.79 Å². The number of likely N-dealkylation sites (tertiary alicyclic amines) is 1. The first-order chi connectivity index (χ1) is 10.4. The highest BCUT2D eigenvalue weighted by Gasteiger charge is 2.34. The van der Waals surface area contributed by atoms with Gasteiger partial charge in [0, 0.05) is 26.2 Å². The number of hydrogen-bond acceptors (Lipinski definition) is 5. The smallest absolute Gasteiger partial charge is 0.410 e. The number of carbonyl (C=O) groups excluding carboxylic acids is 1. The fourth-order valence-corrected chi connectivity index (χ4v) is 1.94. The van der Waals surface area contributed by atoms with E-state index in [-0.39, 0.29) is 36.1 Å². The molecule has 1 aromatic heterocycles. The van der Waals surface area contributed by atoms with Crippen molar-refractivity contribution in [3.05, 3.63) is 18.0 Å². The number of hydrogen-bond donors (Lipinski definition) is 2. The van der Waals surface area contributed by atoms with Gasteiger partial charge in [-0.3, -0.25) is 4.99 Å². The maximum Gasteiger partial charge on any atom is 0.410 e. The van der Waals surface area contributed by atoms with Gasteiger partial charge in [0.1, 0.15) is 17.6 Å². The fourth-order valence-electron chi connectivity index (χ4n) is 1.94. The van der Waals surface area contributed by atoms with Crippen molar-refractivity contribution < 1.29 is 14.1 Å². The average molecular weight is 437 g/mol. The van der Waals surface area contributed by atoms with Crippen molar-refractivity contribution in [1.82, 2.24) is 20.7 Å². The highest BCUT2D eigenvalue weighted by Crippen LogP contribution is 2.15. The molecule has 0 spiro atoms. The molecule has 0 aromatic carbocycles. The molecule has 0 saturated carbocycles. The summed E-state index contributed by atoms with van der Waals surface area (Å²) in [6.45, 7) is 7.29. The van der Waals surface area contributed by atoms with Gasteiger partial charge in [-0.2, -0.15) is 0 Å². The number of rotatable bonds is 3. The van der Waals surface area contributed by atoms with Crippen LogP contribution in [0.1, 0.15) is 26.5 Å². The van der Waals surface area contributed by atoms with Crippen LogP contribution >= 0.6 is 24.0 Å². The number of carbonyl (C=O) groups is 1. The summed E-state index contributed by atoms with van der Waals surface area (Å²) in [6.07, 6.45) is 1.24. The third-order valence-corrected chi connectivity index (χ3v) is 3.03. The molecule has 0 atom stereocenters. The van der Waals surface area contributed by atoms with Crippen LogP contribution in [-0.2, 0) is 11.3 Å². The van der Waals surface area contributed by atoms with Crippen LogP contribution in [-0.4, -0.2) is 53.9 Å². The second-order valence-electron chi connectivity index (χ2n) is 6.14. The first-order valence-corrected chi connectivity index (χ1v) is 7.22. The maximum atomic E-state index is 11.8. The average Bonchev–Trinajstić information content (AvgIpc) is 2.87. The standard InChI is InChI=1S/C14H23N5O3.HI/c1-14(2,3)22-13(20)19-8-11(9-19)17-12(15-4)16-7-10-5-6-21-18-10;/h5-6,11H,7-9H2,1-4H3,(H2,15,16,17);1H. The van der Waals surface area contributed by atoms with E-state index in [1.807, 2.05) is 20.8 Å². The van der Waals surface area contributed by atoms with E-state index in [1.165, 1.54) is 6.26 Å². The Labute approximate surface area is 153 Å². The summed E-state index contributed by atoms with van der Waals surface area (Å²) in [5, 5.41) is 10.2. The molecular weight excluding hydrogens is 413 g/mol. The summed E-state index contributed by atoms with van der Waals surface area (Å²) >= 11 is 0. The number of guanidine groups is 1. The lowest BCUT2D eigenvalue weighted by atomic mass is 10.1. The quantitative estimate of drug-likeness (QED) is 0.424. The minimum Gasteiger partial charge on any atom is -0.444 e. The number of aromatic nitrogens is 1. The summed E-state index contributed by atoms with van der Waals surface area (Å²) in [5.74, 6) is 0.664. The molecule has 2 N–H and O–H groups in total. The number of amides is 1. The van der Waals surface area contributed by atoms with Gasteiger partial charge in [0.15, 0.2) is 5.96 Å². The molecule has 0 aliphatic carbocycles. The van der Waals surface area contributed by atoms with Crippen molar-refractivity contribution in [2.45, 2.75) is 39.0 Å². The predicted octanol–water partition coefficient (Wildman–Crippen LogP) is 1.58. The molecule has 1 saturated heterocycles. The summed E-state index contributed by atoms with van der Waals surface area (Å²) in [7, 11) is 1.70. The van der Waals surface area contributed by atoms with Crippen LogP contribution in [0.3, 0.4) is 0 Å². The second kappa shape index (κ2) is 8.37. The number of halogens is 1. The van der Waals surface area contributed by atoms with Gasteiger partial charge < -0.3 is 24.8 Å². The first kappa shape index (κ1) is 19.5. The van der Waals surface area contributed by atoms with Crippen LogP contribution in [0.25, 0.3) is 0 Å². The third kappa shape index (κ3) is 6.24. The van der Waals surface area contributed by atoms with Crippen LogP contribution in [0.5, 0.6) is 0 Å². The Morgan fingerprint density at radius 3 is 2.74 bits per heavy atom. The van der Waals surface area contributed by atoms with Crippen molar-refractivity contribution in [3.8, 4) is 0 Å². The molecule has 130 valence electrons. The zero-order valence-corrected chi connectivity index (χ0v) is 16.2. The first-order valence-electron chi connectivity index (χ1n) is 7.22. The van der Waals surface area contributed by atoms with E-state index in [0.29, 0.717) is 25.6 Å². The molecule has 0 bridgehead atoms. The molecule has 9 heteroatoms. The molecule has 1 aromatic rings. The minimum absolute atomic E-state index is 0. The molecule has 1 amide bonds. The van der Waals surface area contributed by atoms with Gasteiger partial charge in [-0.15, -0.1) is 24.0 Å². The van der Waals surface area contributed by atoms with Crippen LogP contribution in [0.2, 0.25) is 0 Å². The van der Waals surface area contributed by atoms with Crippen LogP contribution in [0.4, 0.5) is 4.79 Å². The molecular formula is C14H24IN5O3. The van der Waals surface area contributed by atoms with E-state index < -0.39 is 5.60 Å². The third-order valence-electron chi connectivity index (χ3n) is 3.03. The number of nitrogens with one attached hydrogen (secondary N) is 2. The van der Waals surface area contributed by atoms with E-state index in [0.717, 1.165) is 5.69 Å². The van der Waals surface area contributed by atoms with Gasteiger partial charge in [-0.05, 0) is 20.8 Å². The van der Waals surface area contributed by atoms with Gasteiger partial charge in [-0.25, -0.2) is 4.79 Å². The Hall–Kier alpha value is -1.52. The van der Waals surface area contributed by atoms with Crippen molar-refractivity contribution >= 4 is 36.0 Å². The Kier molecular flexibility index (Phi) is 7.10. The molecule has 0 unspecified atom stereocenters. The maximum absolute atomic E-state index is 11.8. The highest BCUT2D eigenvalue weighted by molar-refractivity contribution is 14.0. The fraction of sp³-hybridized carbons (Fsp3) is 0.643. The summed E-state index contributed by atoms with van der Waals surface area (Å²) in [6, 6.07) is 1.95. The predicted molar refractivity (Wildman–Crippen MR) is 96.8 cm³/mol. The normalized spacial score (nSPS) is 15.5. The van der Waals surface area contributed by atoms with Crippen molar-refractivity contribution in [1.29, 1.82) is 0 Å². The Bertz CT molecular complexity index is 521. The van der Waals surface area contributed by atoms with Gasteiger partial charge in [0.05, 0.1) is 12.6 Å². The van der Waals surface area contributed by atoms with Crippen LogP contribution in [0, 0.1) is 0 Å². The minimum atomic E-state index is -0.467. The lowest BCUT2D eigenvalue weighted by Gasteiger charge is -2.40. The molecule has 2 rings (SSSR count). The van der Waals surface area contributed by atoms with E-state index in [1.54, 1.807) is 18.0 Å². The Morgan fingerprint density at radius 2 is 2.22 bits per heavy atom. The lowest BCUT2D eigenvalue weighted by Crippen LogP contribution is -2.63. The zero-order chi connectivity index (χ0) is 16.2. The van der Waals surface area contributed by atoms with Gasteiger partial charge in [-0.1, -0.05) is 5.16 Å². The monoisotopic (exact) mass is 437 g/mol. The van der Waals surface area contributed by atoms with Crippen molar-refractivity contribution in [2.75, 3.05) is 20.1 Å². The number of ether oxygens (including phenoxy) is 1. The lowest BCUT2D eigenvalue weighted by molar-refractivity contribution is 0.00701. The van der Waals surface area contributed by atoms with Crippen LogP contribution < -0.4 is 10.6 Å². The number of nitrogens with zero attached hydrogens (tertiary/aromatic N) is 3. The summed E-state index contributed by atoms with van der Waals surface area (Å²) in [4.78, 5) is 17.6. The van der Waals surface area contributed by atoms with Crippen molar-refractivity contribution in [3.63, 3.8) is 0 Å².